The molecule has 6 nitrogen and oxygen atoms in total. The van der Waals surface area contributed by atoms with Crippen LogP contribution >= 0.6 is 0 Å². The van der Waals surface area contributed by atoms with Crippen LogP contribution in [0, 0.1) is 13.8 Å². The maximum absolute atomic E-state index is 12.7. The summed E-state index contributed by atoms with van der Waals surface area (Å²) < 4.78 is 1.75. The van der Waals surface area contributed by atoms with E-state index in [1.807, 2.05) is 37.4 Å². The Bertz CT molecular complexity index is 1050. The summed E-state index contributed by atoms with van der Waals surface area (Å²) in [6.07, 6.45) is 4.38. The van der Waals surface area contributed by atoms with E-state index in [0.29, 0.717) is 17.1 Å². The molecular weight excluding hydrogens is 328 g/mol. The fourth-order valence-electron chi connectivity index (χ4n) is 3.61. The second kappa shape index (κ2) is 6.29. The molecule has 2 aromatic heterocycles. The monoisotopic (exact) mass is 348 g/mol. The van der Waals surface area contributed by atoms with E-state index in [1.54, 1.807) is 17.4 Å². The molecule has 0 atom stereocenters. The average molecular weight is 348 g/mol. The molecule has 4 rings (SSSR count). The molecule has 2 N–H and O–H groups in total. The van der Waals surface area contributed by atoms with Gasteiger partial charge in [-0.05, 0) is 62.4 Å². The van der Waals surface area contributed by atoms with Crippen LogP contribution in [0.1, 0.15) is 45.7 Å². The zero-order valence-electron chi connectivity index (χ0n) is 14.8. The molecule has 0 unspecified atom stereocenters. The fourth-order valence-corrected chi connectivity index (χ4v) is 3.61. The van der Waals surface area contributed by atoms with Gasteiger partial charge in [0, 0.05) is 11.8 Å². The first-order valence-electron chi connectivity index (χ1n) is 8.68. The molecular formula is C20H20N4O2. The molecule has 132 valence electrons. The summed E-state index contributed by atoms with van der Waals surface area (Å²) in [5.41, 5.74) is 8.20. The van der Waals surface area contributed by atoms with Crippen molar-refractivity contribution >= 4 is 17.3 Å². The predicted octanol–water partition coefficient (Wildman–Crippen LogP) is 3.13. The van der Waals surface area contributed by atoms with Crippen molar-refractivity contribution in [2.75, 3.05) is 0 Å². The number of nitrogens with zero attached hydrogens (tertiary/aromatic N) is 3. The van der Waals surface area contributed by atoms with Crippen molar-refractivity contribution in [3.8, 4) is 5.75 Å². The fraction of sp³-hybridized carbons (Fsp3) is 0.250. The van der Waals surface area contributed by atoms with Crippen LogP contribution in [0.2, 0.25) is 0 Å². The number of benzene rings is 1. The molecule has 1 aliphatic carbocycles. The zero-order chi connectivity index (χ0) is 18.3. The van der Waals surface area contributed by atoms with Gasteiger partial charge in [-0.15, -0.1) is 0 Å². The van der Waals surface area contributed by atoms with Crippen LogP contribution in [0.5, 0.6) is 5.75 Å². The summed E-state index contributed by atoms with van der Waals surface area (Å²) in [6, 6.07) is 9.19. The number of imidazole rings is 1. The van der Waals surface area contributed by atoms with E-state index in [9.17, 15) is 9.90 Å². The Balaban J connectivity index is 1.68. The molecule has 1 aromatic carbocycles. The normalized spacial score (nSPS) is 15.2. The number of aryl methyl sites for hydroxylation is 2. The van der Waals surface area contributed by atoms with E-state index in [1.165, 1.54) is 0 Å². The lowest BCUT2D eigenvalue weighted by atomic mass is 9.86. The maximum Gasteiger partial charge on any atom is 0.290 e. The first-order valence-corrected chi connectivity index (χ1v) is 8.68. The quantitative estimate of drug-likeness (QED) is 0.698. The molecule has 26 heavy (non-hydrogen) atoms. The lowest BCUT2D eigenvalue weighted by Crippen LogP contribution is -2.24. The first-order chi connectivity index (χ1) is 12.6. The number of hydrogen-bond donors (Lipinski definition) is 2. The summed E-state index contributed by atoms with van der Waals surface area (Å²) in [4.78, 5) is 17.1. The van der Waals surface area contributed by atoms with Gasteiger partial charge in [0.1, 0.15) is 17.1 Å². The van der Waals surface area contributed by atoms with Crippen molar-refractivity contribution in [2.24, 2.45) is 5.10 Å². The highest BCUT2D eigenvalue weighted by Gasteiger charge is 2.22. The topological polar surface area (TPSA) is 79.0 Å². The van der Waals surface area contributed by atoms with Gasteiger partial charge in [-0.2, -0.15) is 5.10 Å². The second-order valence-electron chi connectivity index (χ2n) is 6.58. The molecule has 2 heterocycles. The Kier molecular flexibility index (Phi) is 3.95. The number of nitrogens with one attached hydrogen (secondary N) is 1. The molecule has 0 spiro atoms. The number of amides is 1. The number of pyridine rings is 1. The van der Waals surface area contributed by atoms with Crippen molar-refractivity contribution in [3.63, 3.8) is 0 Å². The zero-order valence-corrected chi connectivity index (χ0v) is 14.8. The number of hydrogen-bond acceptors (Lipinski definition) is 4. The Morgan fingerprint density at radius 3 is 2.92 bits per heavy atom. The second-order valence-corrected chi connectivity index (χ2v) is 6.58. The number of fused-ring (bicyclic) bond motifs is 2. The summed E-state index contributed by atoms with van der Waals surface area (Å²) in [5.74, 6) is -0.0998. The highest BCUT2D eigenvalue weighted by atomic mass is 16.3. The summed E-state index contributed by atoms with van der Waals surface area (Å²) in [5, 5.41) is 14.6. The van der Waals surface area contributed by atoms with Gasteiger partial charge >= 0.3 is 0 Å². The van der Waals surface area contributed by atoms with Crippen molar-refractivity contribution in [1.29, 1.82) is 0 Å². The minimum atomic E-state index is -0.312. The van der Waals surface area contributed by atoms with Crippen molar-refractivity contribution in [1.82, 2.24) is 14.8 Å². The third kappa shape index (κ3) is 2.63. The van der Waals surface area contributed by atoms with Crippen LogP contribution in [-0.2, 0) is 6.42 Å². The number of hydrazone groups is 1. The third-order valence-corrected chi connectivity index (χ3v) is 4.87. The van der Waals surface area contributed by atoms with Gasteiger partial charge in [0.2, 0.25) is 0 Å². The van der Waals surface area contributed by atoms with E-state index in [2.05, 4.69) is 15.5 Å². The number of rotatable bonds is 2. The molecule has 1 amide bonds. The van der Waals surface area contributed by atoms with Crippen molar-refractivity contribution < 1.29 is 9.90 Å². The first kappa shape index (κ1) is 16.3. The highest BCUT2D eigenvalue weighted by Crippen LogP contribution is 2.31. The van der Waals surface area contributed by atoms with Crippen LogP contribution in [0.4, 0.5) is 0 Å². The number of phenolic OH excluding ortho intramolecular Hbond substituents is 1. The molecule has 6 heteroatoms. The number of carbonyl (C=O) groups excluding carboxylic acids is 1. The van der Waals surface area contributed by atoms with Gasteiger partial charge in [-0.1, -0.05) is 12.1 Å². The number of aromatic nitrogens is 2. The van der Waals surface area contributed by atoms with E-state index in [0.717, 1.165) is 41.6 Å². The maximum atomic E-state index is 12.7. The third-order valence-electron chi connectivity index (χ3n) is 4.87. The van der Waals surface area contributed by atoms with Gasteiger partial charge in [-0.3, -0.25) is 9.20 Å². The predicted molar refractivity (Wildman–Crippen MR) is 99.7 cm³/mol. The molecule has 0 fully saturated rings. The number of phenols is 1. The largest absolute Gasteiger partial charge is 0.507 e. The molecule has 0 saturated heterocycles. The van der Waals surface area contributed by atoms with Crippen LogP contribution in [0.15, 0.2) is 41.6 Å². The lowest BCUT2D eigenvalue weighted by molar-refractivity contribution is 0.0948. The summed E-state index contributed by atoms with van der Waals surface area (Å²) in [6.45, 7) is 3.84. The Labute approximate surface area is 151 Å². The van der Waals surface area contributed by atoms with Gasteiger partial charge in [0.05, 0.1) is 11.4 Å². The molecule has 0 saturated carbocycles. The Morgan fingerprint density at radius 1 is 1.23 bits per heavy atom. The molecule has 1 aliphatic rings. The van der Waals surface area contributed by atoms with Crippen LogP contribution in [0.3, 0.4) is 0 Å². The smallest absolute Gasteiger partial charge is 0.290 e. The van der Waals surface area contributed by atoms with Gasteiger partial charge in [0.15, 0.2) is 0 Å². The Morgan fingerprint density at radius 2 is 2.08 bits per heavy atom. The minimum Gasteiger partial charge on any atom is -0.507 e. The standard InChI is InChI=1S/C20H20N4O2/c1-12-9-10-16(25)18-14(12)6-5-7-15(18)22-23-20(26)19-13(2)21-17-8-3-4-11-24(17)19/h3-4,8-11,25H,5-7H2,1-2H3,(H,23,26)/b22-15+. The number of carbonyl (C=O) groups is 1. The van der Waals surface area contributed by atoms with Gasteiger partial charge in [0.25, 0.3) is 5.91 Å². The minimum absolute atomic E-state index is 0.212. The number of aromatic hydroxyl groups is 1. The van der Waals surface area contributed by atoms with E-state index < -0.39 is 0 Å². The highest BCUT2D eigenvalue weighted by molar-refractivity contribution is 6.06. The molecule has 0 aliphatic heterocycles. The van der Waals surface area contributed by atoms with E-state index in [4.69, 9.17) is 0 Å². The van der Waals surface area contributed by atoms with E-state index >= 15 is 0 Å². The van der Waals surface area contributed by atoms with Crippen LogP contribution in [-0.4, -0.2) is 26.1 Å². The van der Waals surface area contributed by atoms with Gasteiger partial charge in [-0.25, -0.2) is 10.4 Å². The van der Waals surface area contributed by atoms with Crippen molar-refractivity contribution in [3.05, 3.63) is 64.6 Å². The van der Waals surface area contributed by atoms with Crippen molar-refractivity contribution in [2.45, 2.75) is 33.1 Å². The molecule has 0 bridgehead atoms. The summed E-state index contributed by atoms with van der Waals surface area (Å²) in [7, 11) is 0. The van der Waals surface area contributed by atoms with Crippen LogP contribution in [0.25, 0.3) is 5.65 Å². The SMILES string of the molecule is Cc1ccc(O)c2c1CCC/C2=N\NC(=O)c1c(C)nc2ccccn12. The summed E-state index contributed by atoms with van der Waals surface area (Å²) >= 11 is 0. The average Bonchev–Trinajstić information content (AvgIpc) is 2.98. The molecule has 3 aromatic rings. The van der Waals surface area contributed by atoms with Crippen LogP contribution < -0.4 is 5.43 Å². The lowest BCUT2D eigenvalue weighted by Gasteiger charge is -2.21. The molecule has 0 radical (unpaired) electrons. The van der Waals surface area contributed by atoms with E-state index in [-0.39, 0.29) is 11.7 Å². The van der Waals surface area contributed by atoms with Gasteiger partial charge < -0.3 is 5.11 Å². The Hall–Kier alpha value is -3.15.